The van der Waals surface area contributed by atoms with Crippen molar-refractivity contribution in [3.63, 3.8) is 0 Å². The summed E-state index contributed by atoms with van der Waals surface area (Å²) in [7, 11) is 1.44. The van der Waals surface area contributed by atoms with E-state index in [2.05, 4.69) is 10.2 Å². The standard InChI is InChI=1S/C46H47FN2O7/c1-32-38(25-37-23-24-40(50-2)39(47)26-37)45(49-48-32)56-46-44(54-30-36-21-13-6-14-22-36)43(53-29-35-19-11-5-12-20-35)42(52-28-34-17-9-4-10-18-34)41(55-46)31-51-27-33-15-7-3-8-16-33/h3-24,26,41-44,46H,25,27-31H2,1-2H3,(H,48,49)/t41-,42-,43+,44-,46?/m1/s1. The highest BCUT2D eigenvalue weighted by atomic mass is 19.1. The van der Waals surface area contributed by atoms with E-state index < -0.39 is 36.5 Å². The van der Waals surface area contributed by atoms with Crippen LogP contribution in [-0.2, 0) is 56.5 Å². The maximum Gasteiger partial charge on any atom is 0.238 e. The van der Waals surface area contributed by atoms with E-state index in [0.29, 0.717) is 32.1 Å². The molecule has 0 bridgehead atoms. The van der Waals surface area contributed by atoms with Gasteiger partial charge in [-0.15, -0.1) is 5.10 Å². The molecular formula is C46H47FN2O7. The van der Waals surface area contributed by atoms with Gasteiger partial charge in [-0.05, 0) is 46.9 Å². The molecular weight excluding hydrogens is 712 g/mol. The molecule has 0 saturated carbocycles. The average molecular weight is 759 g/mol. The SMILES string of the molecule is COc1ccc(Cc2c(OC3O[C@H](COCc4ccccc4)[C@@H](OCc4ccccc4)[C@H](OCc4ccccc4)[C@H]3OCc3ccccc3)n[nH]c2C)cc1F. The lowest BCUT2D eigenvalue weighted by Crippen LogP contribution is -2.62. The molecule has 56 heavy (non-hydrogen) atoms. The predicted molar refractivity (Wildman–Crippen MR) is 210 cm³/mol. The minimum atomic E-state index is -1.00. The third-order valence-corrected chi connectivity index (χ3v) is 9.70. The number of nitrogens with one attached hydrogen (secondary N) is 1. The van der Waals surface area contributed by atoms with Gasteiger partial charge in [-0.25, -0.2) is 4.39 Å². The maximum absolute atomic E-state index is 14.8. The molecule has 1 unspecified atom stereocenters. The van der Waals surface area contributed by atoms with Crippen molar-refractivity contribution >= 4 is 0 Å². The lowest BCUT2D eigenvalue weighted by molar-refractivity contribution is -0.310. The molecule has 1 aromatic heterocycles. The third-order valence-electron chi connectivity index (χ3n) is 9.70. The molecule has 1 aliphatic heterocycles. The van der Waals surface area contributed by atoms with E-state index in [0.717, 1.165) is 39.1 Å². The second-order valence-corrected chi connectivity index (χ2v) is 13.7. The van der Waals surface area contributed by atoms with Gasteiger partial charge >= 0.3 is 0 Å². The molecule has 0 spiro atoms. The minimum Gasteiger partial charge on any atom is -0.494 e. The minimum absolute atomic E-state index is 0.175. The number of aromatic amines is 1. The van der Waals surface area contributed by atoms with Gasteiger partial charge in [-0.3, -0.25) is 5.10 Å². The third kappa shape index (κ3) is 10.3. The molecule has 5 aromatic carbocycles. The van der Waals surface area contributed by atoms with E-state index in [-0.39, 0.29) is 19.0 Å². The highest BCUT2D eigenvalue weighted by Gasteiger charge is 2.50. The highest BCUT2D eigenvalue weighted by Crippen LogP contribution is 2.34. The first-order valence-corrected chi connectivity index (χ1v) is 18.8. The summed E-state index contributed by atoms with van der Waals surface area (Å²) in [6.45, 7) is 3.33. The van der Waals surface area contributed by atoms with Crippen molar-refractivity contribution in [1.29, 1.82) is 0 Å². The second kappa shape index (κ2) is 19.5. The Morgan fingerprint density at radius 3 is 1.68 bits per heavy atom. The number of methoxy groups -OCH3 is 1. The molecule has 10 heteroatoms. The van der Waals surface area contributed by atoms with Gasteiger partial charge in [-0.2, -0.15) is 0 Å². The summed E-state index contributed by atoms with van der Waals surface area (Å²) in [6.07, 6.45) is -3.38. The molecule has 290 valence electrons. The molecule has 1 saturated heterocycles. The number of H-pyrrole nitrogens is 1. The van der Waals surface area contributed by atoms with Crippen LogP contribution in [0.5, 0.6) is 11.6 Å². The molecule has 2 heterocycles. The van der Waals surface area contributed by atoms with Crippen LogP contribution in [0.3, 0.4) is 0 Å². The van der Waals surface area contributed by atoms with Crippen LogP contribution < -0.4 is 9.47 Å². The number of aryl methyl sites for hydroxylation is 1. The first-order chi connectivity index (χ1) is 27.5. The van der Waals surface area contributed by atoms with Crippen LogP contribution in [0.15, 0.2) is 140 Å². The summed E-state index contributed by atoms with van der Waals surface area (Å²) in [5, 5.41) is 7.61. The van der Waals surface area contributed by atoms with E-state index in [9.17, 15) is 4.39 Å². The monoisotopic (exact) mass is 758 g/mol. The highest BCUT2D eigenvalue weighted by molar-refractivity contribution is 5.38. The molecule has 1 fully saturated rings. The summed E-state index contributed by atoms with van der Waals surface area (Å²) in [4.78, 5) is 0. The Kier molecular flexibility index (Phi) is 13.5. The molecule has 0 aliphatic carbocycles. The van der Waals surface area contributed by atoms with Crippen molar-refractivity contribution < 1.29 is 37.5 Å². The Hall–Kier alpha value is -5.36. The van der Waals surface area contributed by atoms with Crippen LogP contribution >= 0.6 is 0 Å². The fraction of sp³-hybridized carbons (Fsp3) is 0.283. The molecule has 0 radical (unpaired) electrons. The normalized spacial score (nSPS) is 19.4. The van der Waals surface area contributed by atoms with E-state index in [1.165, 1.54) is 13.2 Å². The van der Waals surface area contributed by atoms with Crippen molar-refractivity contribution in [2.24, 2.45) is 0 Å². The lowest BCUT2D eigenvalue weighted by Gasteiger charge is -2.45. The molecule has 7 rings (SSSR count). The molecule has 1 N–H and O–H groups in total. The Bertz CT molecular complexity index is 2070. The number of hydrogen-bond acceptors (Lipinski definition) is 8. The van der Waals surface area contributed by atoms with Crippen LogP contribution in [0.4, 0.5) is 4.39 Å². The van der Waals surface area contributed by atoms with Crippen molar-refractivity contribution in [3.05, 3.63) is 184 Å². The van der Waals surface area contributed by atoms with Gasteiger partial charge in [0.25, 0.3) is 0 Å². The van der Waals surface area contributed by atoms with E-state index >= 15 is 0 Å². The van der Waals surface area contributed by atoms with Crippen LogP contribution in [0.25, 0.3) is 0 Å². The van der Waals surface area contributed by atoms with E-state index in [4.69, 9.17) is 33.2 Å². The van der Waals surface area contributed by atoms with Gasteiger partial charge in [-0.1, -0.05) is 127 Å². The molecule has 9 nitrogen and oxygen atoms in total. The topological polar surface area (TPSA) is 93.3 Å². The van der Waals surface area contributed by atoms with Crippen molar-refractivity contribution in [2.75, 3.05) is 13.7 Å². The van der Waals surface area contributed by atoms with Gasteiger partial charge in [0, 0.05) is 17.7 Å². The number of benzene rings is 5. The quantitative estimate of drug-likeness (QED) is 0.0933. The zero-order valence-corrected chi connectivity index (χ0v) is 31.6. The van der Waals surface area contributed by atoms with Crippen LogP contribution in [0, 0.1) is 12.7 Å². The van der Waals surface area contributed by atoms with Gasteiger partial charge in [0.05, 0.1) is 40.1 Å². The summed E-state index contributed by atoms with van der Waals surface area (Å²) >= 11 is 0. The Morgan fingerprint density at radius 1 is 0.625 bits per heavy atom. The summed E-state index contributed by atoms with van der Waals surface area (Å²) in [6, 6.07) is 44.8. The lowest BCUT2D eigenvalue weighted by atomic mass is 9.97. The smallest absolute Gasteiger partial charge is 0.238 e. The van der Waals surface area contributed by atoms with Gasteiger partial charge in [0.1, 0.15) is 24.4 Å². The van der Waals surface area contributed by atoms with Crippen molar-refractivity contribution in [1.82, 2.24) is 10.2 Å². The number of hydrogen-bond donors (Lipinski definition) is 1. The van der Waals surface area contributed by atoms with Crippen LogP contribution in [0.2, 0.25) is 0 Å². The number of aromatic nitrogens is 2. The molecule has 6 aromatic rings. The fourth-order valence-corrected chi connectivity index (χ4v) is 6.71. The Balaban J connectivity index is 1.23. The second-order valence-electron chi connectivity index (χ2n) is 13.7. The molecule has 1 aliphatic rings. The largest absolute Gasteiger partial charge is 0.494 e. The Morgan fingerprint density at radius 2 is 1.14 bits per heavy atom. The molecule has 5 atom stereocenters. The maximum atomic E-state index is 14.8. The van der Waals surface area contributed by atoms with Crippen molar-refractivity contribution in [2.45, 2.75) is 70.5 Å². The molecule has 0 amide bonds. The van der Waals surface area contributed by atoms with Gasteiger partial charge in [0.15, 0.2) is 11.6 Å². The summed E-state index contributed by atoms with van der Waals surface area (Å²) < 4.78 is 60.2. The first kappa shape index (κ1) is 38.9. The number of rotatable bonds is 18. The summed E-state index contributed by atoms with van der Waals surface area (Å²) in [5.74, 6) is 0.0395. The van der Waals surface area contributed by atoms with Gasteiger partial charge < -0.3 is 33.2 Å². The number of halogens is 1. The fourth-order valence-electron chi connectivity index (χ4n) is 6.71. The van der Waals surface area contributed by atoms with Crippen LogP contribution in [-0.4, -0.2) is 54.6 Å². The zero-order valence-electron chi connectivity index (χ0n) is 31.6. The zero-order chi connectivity index (χ0) is 38.5. The predicted octanol–water partition coefficient (Wildman–Crippen LogP) is 8.53. The van der Waals surface area contributed by atoms with Crippen LogP contribution in [0.1, 0.15) is 39.1 Å². The average Bonchev–Trinajstić information content (AvgIpc) is 3.57. The number of ether oxygens (including phenoxy) is 7. The van der Waals surface area contributed by atoms with E-state index in [1.54, 1.807) is 6.07 Å². The first-order valence-electron chi connectivity index (χ1n) is 18.8. The summed E-state index contributed by atoms with van der Waals surface area (Å²) in [5.41, 5.74) is 6.26. The van der Waals surface area contributed by atoms with Gasteiger partial charge in [0.2, 0.25) is 12.2 Å². The number of nitrogens with zero attached hydrogens (tertiary/aromatic N) is 1. The van der Waals surface area contributed by atoms with Crippen molar-refractivity contribution in [3.8, 4) is 11.6 Å². The Labute approximate surface area is 327 Å². The van der Waals surface area contributed by atoms with E-state index in [1.807, 2.05) is 134 Å².